The standard InChI is InChI=1S/C11H20N4O2/c1-4-6-9-11(15(16)17)10(14(3)13-9)7-8(12)5-2/h8H,4-7,12H2,1-3H3. The second kappa shape index (κ2) is 5.77. The van der Waals surface area contributed by atoms with E-state index in [4.69, 9.17) is 5.73 Å². The summed E-state index contributed by atoms with van der Waals surface area (Å²) in [5, 5.41) is 15.3. The van der Waals surface area contributed by atoms with Gasteiger partial charge >= 0.3 is 5.69 Å². The van der Waals surface area contributed by atoms with E-state index in [9.17, 15) is 10.1 Å². The molecule has 0 saturated heterocycles. The van der Waals surface area contributed by atoms with Crippen molar-refractivity contribution >= 4 is 5.69 Å². The summed E-state index contributed by atoms with van der Waals surface area (Å²) >= 11 is 0. The number of nitrogens with zero attached hydrogens (tertiary/aromatic N) is 3. The number of nitrogens with two attached hydrogens (primary N) is 1. The van der Waals surface area contributed by atoms with Gasteiger partial charge in [0.15, 0.2) is 0 Å². The Morgan fingerprint density at radius 2 is 2.18 bits per heavy atom. The number of rotatable bonds is 6. The van der Waals surface area contributed by atoms with Gasteiger partial charge in [-0.3, -0.25) is 14.8 Å². The lowest BCUT2D eigenvalue weighted by molar-refractivity contribution is -0.386. The topological polar surface area (TPSA) is 87.0 Å². The van der Waals surface area contributed by atoms with E-state index in [2.05, 4.69) is 5.10 Å². The Morgan fingerprint density at radius 1 is 1.53 bits per heavy atom. The molecule has 0 spiro atoms. The molecule has 0 radical (unpaired) electrons. The Balaban J connectivity index is 3.13. The number of aromatic nitrogens is 2. The molecule has 1 aromatic heterocycles. The summed E-state index contributed by atoms with van der Waals surface area (Å²) in [6.45, 7) is 3.95. The minimum Gasteiger partial charge on any atom is -0.327 e. The molecule has 2 N–H and O–H groups in total. The summed E-state index contributed by atoms with van der Waals surface area (Å²) in [5.74, 6) is 0. The number of hydrogen-bond acceptors (Lipinski definition) is 4. The fourth-order valence-electron chi connectivity index (χ4n) is 1.85. The third-order valence-corrected chi connectivity index (χ3v) is 2.86. The maximum atomic E-state index is 11.1. The van der Waals surface area contributed by atoms with E-state index in [1.807, 2.05) is 13.8 Å². The molecule has 1 aromatic rings. The minimum absolute atomic E-state index is 0.0569. The summed E-state index contributed by atoms with van der Waals surface area (Å²) in [5.41, 5.74) is 7.21. The van der Waals surface area contributed by atoms with Crippen LogP contribution in [0.2, 0.25) is 0 Å². The van der Waals surface area contributed by atoms with Gasteiger partial charge in [0.2, 0.25) is 0 Å². The predicted octanol–water partition coefficient (Wildman–Crippen LogP) is 1.56. The minimum atomic E-state index is -0.338. The average Bonchev–Trinajstić information content (AvgIpc) is 2.56. The highest BCUT2D eigenvalue weighted by atomic mass is 16.6. The monoisotopic (exact) mass is 240 g/mol. The molecule has 1 rings (SSSR count). The summed E-state index contributed by atoms with van der Waals surface area (Å²) in [4.78, 5) is 10.8. The van der Waals surface area contributed by atoms with Crippen LogP contribution in [0.4, 0.5) is 5.69 Å². The molecule has 6 heteroatoms. The Bertz CT molecular complexity index is 400. The van der Waals surface area contributed by atoms with Crippen molar-refractivity contribution in [3.8, 4) is 0 Å². The Kier molecular flexibility index (Phi) is 4.62. The van der Waals surface area contributed by atoms with Gasteiger partial charge in [-0.25, -0.2) is 0 Å². The van der Waals surface area contributed by atoms with E-state index in [1.165, 1.54) is 0 Å². The molecule has 0 aromatic carbocycles. The van der Waals surface area contributed by atoms with Crippen LogP contribution in [0.1, 0.15) is 38.1 Å². The molecule has 1 heterocycles. The van der Waals surface area contributed by atoms with Crippen molar-refractivity contribution in [2.45, 2.75) is 45.6 Å². The number of aryl methyl sites for hydroxylation is 2. The summed E-state index contributed by atoms with van der Waals surface area (Å²) in [6, 6.07) is -0.0569. The first-order valence-corrected chi connectivity index (χ1v) is 5.95. The van der Waals surface area contributed by atoms with Gasteiger partial charge in [-0.05, 0) is 12.8 Å². The predicted molar refractivity (Wildman–Crippen MR) is 65.8 cm³/mol. The van der Waals surface area contributed by atoms with Crippen LogP contribution in [0.25, 0.3) is 0 Å². The first-order chi connectivity index (χ1) is 8.01. The summed E-state index contributed by atoms with van der Waals surface area (Å²) < 4.78 is 1.60. The molecule has 0 bridgehead atoms. The van der Waals surface area contributed by atoms with E-state index < -0.39 is 0 Å². The zero-order valence-corrected chi connectivity index (χ0v) is 10.6. The van der Waals surface area contributed by atoms with Gasteiger partial charge in [0.25, 0.3) is 0 Å². The Morgan fingerprint density at radius 3 is 2.65 bits per heavy atom. The third kappa shape index (κ3) is 3.03. The van der Waals surface area contributed by atoms with Crippen LogP contribution in [0.5, 0.6) is 0 Å². The van der Waals surface area contributed by atoms with Gasteiger partial charge in [0.1, 0.15) is 11.4 Å². The maximum absolute atomic E-state index is 11.1. The van der Waals surface area contributed by atoms with E-state index in [0.717, 1.165) is 12.8 Å². The molecule has 6 nitrogen and oxygen atoms in total. The Labute approximate surface area is 101 Å². The van der Waals surface area contributed by atoms with Crippen LogP contribution >= 0.6 is 0 Å². The fourth-order valence-corrected chi connectivity index (χ4v) is 1.85. The van der Waals surface area contributed by atoms with E-state index in [0.29, 0.717) is 24.2 Å². The molecule has 17 heavy (non-hydrogen) atoms. The van der Waals surface area contributed by atoms with Crippen LogP contribution in [-0.2, 0) is 19.9 Å². The highest BCUT2D eigenvalue weighted by Gasteiger charge is 2.26. The maximum Gasteiger partial charge on any atom is 0.313 e. The van der Waals surface area contributed by atoms with Crippen LogP contribution in [0.15, 0.2) is 0 Å². The van der Waals surface area contributed by atoms with Crippen molar-refractivity contribution in [3.63, 3.8) is 0 Å². The first kappa shape index (κ1) is 13.6. The third-order valence-electron chi connectivity index (χ3n) is 2.86. The molecular formula is C11H20N4O2. The molecule has 0 amide bonds. The molecule has 0 aliphatic heterocycles. The smallest absolute Gasteiger partial charge is 0.313 e. The zero-order valence-electron chi connectivity index (χ0n) is 10.6. The van der Waals surface area contributed by atoms with E-state index in [-0.39, 0.29) is 16.7 Å². The lowest BCUT2D eigenvalue weighted by atomic mass is 10.1. The summed E-state index contributed by atoms with van der Waals surface area (Å²) in [7, 11) is 1.74. The number of hydrogen-bond donors (Lipinski definition) is 1. The molecule has 1 atom stereocenters. The van der Waals surface area contributed by atoms with E-state index in [1.54, 1.807) is 11.7 Å². The van der Waals surface area contributed by atoms with Crippen molar-refractivity contribution in [3.05, 3.63) is 21.5 Å². The quantitative estimate of drug-likeness (QED) is 0.603. The fraction of sp³-hybridized carbons (Fsp3) is 0.727. The summed E-state index contributed by atoms with van der Waals surface area (Å²) in [6.07, 6.45) is 2.77. The Hall–Kier alpha value is -1.43. The molecule has 0 aliphatic carbocycles. The van der Waals surface area contributed by atoms with Crippen LogP contribution in [-0.4, -0.2) is 20.7 Å². The van der Waals surface area contributed by atoms with Gasteiger partial charge in [-0.2, -0.15) is 5.10 Å². The molecule has 0 fully saturated rings. The van der Waals surface area contributed by atoms with Gasteiger partial charge < -0.3 is 5.73 Å². The van der Waals surface area contributed by atoms with Crippen molar-refractivity contribution < 1.29 is 4.92 Å². The number of nitro groups is 1. The largest absolute Gasteiger partial charge is 0.327 e. The average molecular weight is 240 g/mol. The van der Waals surface area contributed by atoms with Crippen molar-refractivity contribution in [1.82, 2.24) is 9.78 Å². The van der Waals surface area contributed by atoms with Gasteiger partial charge in [0, 0.05) is 19.5 Å². The normalized spacial score (nSPS) is 12.7. The van der Waals surface area contributed by atoms with Crippen molar-refractivity contribution in [1.29, 1.82) is 0 Å². The molecule has 0 saturated carbocycles. The van der Waals surface area contributed by atoms with E-state index >= 15 is 0 Å². The lowest BCUT2D eigenvalue weighted by Gasteiger charge is -2.07. The molecule has 0 aliphatic rings. The van der Waals surface area contributed by atoms with Crippen molar-refractivity contribution in [2.75, 3.05) is 0 Å². The van der Waals surface area contributed by atoms with Crippen LogP contribution < -0.4 is 5.73 Å². The molecular weight excluding hydrogens is 220 g/mol. The van der Waals surface area contributed by atoms with Crippen molar-refractivity contribution in [2.24, 2.45) is 12.8 Å². The SMILES string of the molecule is CCCc1nn(C)c(CC(N)CC)c1[N+](=O)[O-]. The van der Waals surface area contributed by atoms with Gasteiger partial charge in [-0.15, -0.1) is 0 Å². The highest BCUT2D eigenvalue weighted by molar-refractivity contribution is 5.41. The van der Waals surface area contributed by atoms with Gasteiger partial charge in [0.05, 0.1) is 4.92 Å². The van der Waals surface area contributed by atoms with Crippen LogP contribution in [0.3, 0.4) is 0 Å². The molecule has 96 valence electrons. The van der Waals surface area contributed by atoms with Gasteiger partial charge in [-0.1, -0.05) is 20.3 Å². The zero-order chi connectivity index (χ0) is 13.0. The second-order valence-electron chi connectivity index (χ2n) is 4.25. The lowest BCUT2D eigenvalue weighted by Crippen LogP contribution is -2.23. The first-order valence-electron chi connectivity index (χ1n) is 5.95. The highest BCUT2D eigenvalue weighted by Crippen LogP contribution is 2.25. The second-order valence-corrected chi connectivity index (χ2v) is 4.25. The van der Waals surface area contributed by atoms with Crippen LogP contribution in [0, 0.1) is 10.1 Å². The molecule has 1 unspecified atom stereocenters.